The number of pyridine rings is 1. The molecule has 3 rings (SSSR count). The lowest BCUT2D eigenvalue weighted by molar-refractivity contribution is -0.145. The number of anilines is 1. The molecule has 0 aliphatic carbocycles. The maximum Gasteiger partial charge on any atom is 0.313 e. The van der Waals surface area contributed by atoms with Crippen LogP contribution in [0, 0.1) is 13.8 Å². The Bertz CT molecular complexity index is 774. The molecule has 25 heavy (non-hydrogen) atoms. The Morgan fingerprint density at radius 1 is 1.12 bits per heavy atom. The predicted octanol–water partition coefficient (Wildman–Crippen LogP) is 3.39. The highest BCUT2D eigenvalue weighted by Gasteiger charge is 2.31. The number of nitrogens with zero attached hydrogens (tertiary/aromatic N) is 2. The lowest BCUT2D eigenvalue weighted by Crippen LogP contribution is -2.44. The van der Waals surface area contributed by atoms with Crippen LogP contribution >= 0.6 is 0 Å². The third kappa shape index (κ3) is 3.71. The van der Waals surface area contributed by atoms with Gasteiger partial charge in [-0.2, -0.15) is 0 Å². The van der Waals surface area contributed by atoms with Crippen molar-refractivity contribution in [2.45, 2.75) is 39.2 Å². The van der Waals surface area contributed by atoms with Crippen molar-refractivity contribution in [3.63, 3.8) is 0 Å². The van der Waals surface area contributed by atoms with Crippen LogP contribution < -0.4 is 5.32 Å². The molecule has 2 amide bonds. The van der Waals surface area contributed by atoms with Gasteiger partial charge < -0.3 is 10.2 Å². The predicted molar refractivity (Wildman–Crippen MR) is 97.1 cm³/mol. The summed E-state index contributed by atoms with van der Waals surface area (Å²) in [5.41, 5.74) is 3.57. The fourth-order valence-corrected chi connectivity index (χ4v) is 3.26. The fourth-order valence-electron chi connectivity index (χ4n) is 3.26. The summed E-state index contributed by atoms with van der Waals surface area (Å²) in [6.45, 7) is 4.44. The number of carbonyl (C=O) groups is 2. The van der Waals surface area contributed by atoms with Gasteiger partial charge in [0.2, 0.25) is 0 Å². The molecule has 2 aromatic rings. The van der Waals surface area contributed by atoms with Gasteiger partial charge in [-0.3, -0.25) is 14.6 Å². The van der Waals surface area contributed by atoms with Gasteiger partial charge in [-0.15, -0.1) is 0 Å². The minimum Gasteiger partial charge on any atom is -0.327 e. The van der Waals surface area contributed by atoms with E-state index >= 15 is 0 Å². The molecular formula is C20H23N3O2. The minimum absolute atomic E-state index is 0.0371. The van der Waals surface area contributed by atoms with Gasteiger partial charge in [0.25, 0.3) is 0 Å². The summed E-state index contributed by atoms with van der Waals surface area (Å²) >= 11 is 0. The van der Waals surface area contributed by atoms with E-state index in [4.69, 9.17) is 0 Å². The number of hydrogen-bond donors (Lipinski definition) is 1. The third-order valence-corrected chi connectivity index (χ3v) is 4.86. The van der Waals surface area contributed by atoms with Crippen molar-refractivity contribution in [2.75, 3.05) is 11.9 Å². The second kappa shape index (κ2) is 7.47. The van der Waals surface area contributed by atoms with Gasteiger partial charge in [0.05, 0.1) is 17.9 Å². The standard InChI is InChI=1S/C20H23N3O2/c1-14-12-21-13-17(15(14)2)22-19(24)20(25)23-11-7-6-10-18(23)16-8-4-3-5-9-16/h3-5,8-9,12-13,18H,6-7,10-11H2,1-2H3,(H,22,24)/t18-/m1/s1. The van der Waals surface area contributed by atoms with E-state index in [2.05, 4.69) is 10.3 Å². The first-order valence-corrected chi connectivity index (χ1v) is 8.66. The molecule has 5 heteroatoms. The highest BCUT2D eigenvalue weighted by Crippen LogP contribution is 2.31. The van der Waals surface area contributed by atoms with E-state index in [1.807, 2.05) is 44.2 Å². The number of aromatic nitrogens is 1. The van der Waals surface area contributed by atoms with Gasteiger partial charge in [0, 0.05) is 12.7 Å². The summed E-state index contributed by atoms with van der Waals surface area (Å²) in [5, 5.41) is 2.73. The second-order valence-corrected chi connectivity index (χ2v) is 6.50. The number of aryl methyl sites for hydroxylation is 1. The summed E-state index contributed by atoms with van der Waals surface area (Å²) in [4.78, 5) is 31.1. The van der Waals surface area contributed by atoms with Crippen LogP contribution in [-0.2, 0) is 9.59 Å². The van der Waals surface area contributed by atoms with Crippen LogP contribution in [0.1, 0.15) is 42.0 Å². The Labute approximate surface area is 148 Å². The molecule has 0 bridgehead atoms. The molecule has 1 atom stereocenters. The molecule has 1 aliphatic rings. The third-order valence-electron chi connectivity index (χ3n) is 4.86. The second-order valence-electron chi connectivity index (χ2n) is 6.50. The average molecular weight is 337 g/mol. The molecular weight excluding hydrogens is 314 g/mol. The first-order valence-electron chi connectivity index (χ1n) is 8.66. The number of nitrogens with one attached hydrogen (secondary N) is 1. The lowest BCUT2D eigenvalue weighted by Gasteiger charge is -2.35. The Kier molecular flexibility index (Phi) is 5.12. The van der Waals surface area contributed by atoms with Gasteiger partial charge in [-0.05, 0) is 49.8 Å². The van der Waals surface area contributed by atoms with Crippen molar-refractivity contribution in [3.05, 3.63) is 59.4 Å². The summed E-state index contributed by atoms with van der Waals surface area (Å²) in [6.07, 6.45) is 6.19. The SMILES string of the molecule is Cc1cncc(NC(=O)C(=O)N2CCCC[C@@H]2c2ccccc2)c1C. The van der Waals surface area contributed by atoms with E-state index in [1.54, 1.807) is 17.3 Å². The number of carbonyl (C=O) groups excluding carboxylic acids is 2. The summed E-state index contributed by atoms with van der Waals surface area (Å²) in [6, 6.07) is 9.89. The van der Waals surface area contributed by atoms with Crippen LogP contribution in [0.15, 0.2) is 42.7 Å². The molecule has 1 saturated heterocycles. The molecule has 1 aromatic heterocycles. The van der Waals surface area contributed by atoms with Gasteiger partial charge in [0.15, 0.2) is 0 Å². The van der Waals surface area contributed by atoms with Gasteiger partial charge in [-0.25, -0.2) is 0 Å². The summed E-state index contributed by atoms with van der Waals surface area (Å²) < 4.78 is 0. The molecule has 0 unspecified atom stereocenters. The summed E-state index contributed by atoms with van der Waals surface area (Å²) in [7, 11) is 0. The van der Waals surface area contributed by atoms with Crippen LogP contribution in [0.2, 0.25) is 0 Å². The quantitative estimate of drug-likeness (QED) is 0.855. The average Bonchev–Trinajstić information content (AvgIpc) is 2.65. The Balaban J connectivity index is 1.78. The number of likely N-dealkylation sites (tertiary alicyclic amines) is 1. The zero-order valence-electron chi connectivity index (χ0n) is 14.7. The van der Waals surface area contributed by atoms with E-state index in [0.29, 0.717) is 12.2 Å². The van der Waals surface area contributed by atoms with E-state index < -0.39 is 11.8 Å². The van der Waals surface area contributed by atoms with E-state index in [1.165, 1.54) is 0 Å². The number of hydrogen-bond acceptors (Lipinski definition) is 3. The molecule has 1 aliphatic heterocycles. The Morgan fingerprint density at radius 3 is 2.64 bits per heavy atom. The van der Waals surface area contributed by atoms with Crippen molar-refractivity contribution < 1.29 is 9.59 Å². The first-order chi connectivity index (χ1) is 12.1. The van der Waals surface area contributed by atoms with Gasteiger partial charge >= 0.3 is 11.8 Å². The fraction of sp³-hybridized carbons (Fsp3) is 0.350. The van der Waals surface area contributed by atoms with Crippen LogP contribution in [0.5, 0.6) is 0 Å². The monoisotopic (exact) mass is 337 g/mol. The van der Waals surface area contributed by atoms with E-state index in [-0.39, 0.29) is 6.04 Å². The highest BCUT2D eigenvalue weighted by molar-refractivity contribution is 6.39. The summed E-state index contributed by atoms with van der Waals surface area (Å²) in [5.74, 6) is -1.08. The number of piperidine rings is 1. The number of rotatable bonds is 2. The molecule has 0 saturated carbocycles. The van der Waals surface area contributed by atoms with Crippen molar-refractivity contribution in [2.24, 2.45) is 0 Å². The van der Waals surface area contributed by atoms with Crippen LogP contribution in [0.25, 0.3) is 0 Å². The topological polar surface area (TPSA) is 62.3 Å². The zero-order valence-corrected chi connectivity index (χ0v) is 14.7. The molecule has 130 valence electrons. The van der Waals surface area contributed by atoms with Crippen molar-refractivity contribution >= 4 is 17.5 Å². The van der Waals surface area contributed by atoms with Crippen LogP contribution in [0.4, 0.5) is 5.69 Å². The van der Waals surface area contributed by atoms with E-state index in [9.17, 15) is 9.59 Å². The van der Waals surface area contributed by atoms with Crippen molar-refractivity contribution in [3.8, 4) is 0 Å². The van der Waals surface area contributed by atoms with E-state index in [0.717, 1.165) is 36.0 Å². The molecule has 0 radical (unpaired) electrons. The van der Waals surface area contributed by atoms with Crippen LogP contribution in [0.3, 0.4) is 0 Å². The maximum absolute atomic E-state index is 12.8. The van der Waals surface area contributed by atoms with Crippen molar-refractivity contribution in [1.82, 2.24) is 9.88 Å². The normalized spacial score (nSPS) is 17.2. The molecule has 5 nitrogen and oxygen atoms in total. The minimum atomic E-state index is -0.599. The van der Waals surface area contributed by atoms with Gasteiger partial charge in [0.1, 0.15) is 0 Å². The maximum atomic E-state index is 12.8. The highest BCUT2D eigenvalue weighted by atomic mass is 16.2. The first kappa shape index (κ1) is 17.1. The smallest absolute Gasteiger partial charge is 0.313 e. The van der Waals surface area contributed by atoms with Gasteiger partial charge in [-0.1, -0.05) is 30.3 Å². The molecule has 1 N–H and O–H groups in total. The molecule has 1 aromatic carbocycles. The zero-order chi connectivity index (χ0) is 17.8. The van der Waals surface area contributed by atoms with Crippen molar-refractivity contribution in [1.29, 1.82) is 0 Å². The van der Waals surface area contributed by atoms with Crippen LogP contribution in [-0.4, -0.2) is 28.2 Å². The molecule has 2 heterocycles. The molecule has 1 fully saturated rings. The number of benzene rings is 1. The molecule has 0 spiro atoms. The Morgan fingerprint density at radius 2 is 1.88 bits per heavy atom. The number of amides is 2. The largest absolute Gasteiger partial charge is 0.327 e. The lowest BCUT2D eigenvalue weighted by atomic mass is 9.95. The Hall–Kier alpha value is -2.69.